The van der Waals surface area contributed by atoms with Crippen molar-refractivity contribution in [2.45, 2.75) is 13.9 Å². The maximum absolute atomic E-state index is 12.0. The first-order chi connectivity index (χ1) is 11.7. The molecular formula is C9H10O14S4. The standard InChI is InChI=1S/C9H10O14S4/c10-7(11)5-3-1-2-4-6(5)8(24(12,13)14,25(15,16)17)9(7,26(18,19)20)27(21,22)23/h1-4,10-11H,(H,12,13,14)(H,15,16,17)(H,18,19,20)(H,21,22,23). The zero-order valence-electron chi connectivity index (χ0n) is 12.4. The van der Waals surface area contributed by atoms with Gasteiger partial charge in [-0.15, -0.1) is 0 Å². The summed E-state index contributed by atoms with van der Waals surface area (Å²) < 4.78 is 123. The largest absolute Gasteiger partial charge is 0.360 e. The van der Waals surface area contributed by atoms with Gasteiger partial charge in [0.15, 0.2) is 0 Å². The van der Waals surface area contributed by atoms with Crippen LogP contribution in [0.3, 0.4) is 0 Å². The first-order valence-corrected chi connectivity index (χ1v) is 11.9. The van der Waals surface area contributed by atoms with Crippen LogP contribution in [0.2, 0.25) is 0 Å². The first kappa shape index (κ1) is 22.1. The van der Waals surface area contributed by atoms with Crippen LogP contribution in [-0.2, 0) is 50.3 Å². The molecule has 0 bridgehead atoms. The van der Waals surface area contributed by atoms with Gasteiger partial charge in [0.2, 0.25) is 5.79 Å². The van der Waals surface area contributed by atoms with Gasteiger partial charge in [0, 0.05) is 11.1 Å². The smallest absolute Gasteiger partial charge is 0.321 e. The number of rotatable bonds is 4. The van der Waals surface area contributed by atoms with E-state index in [-0.39, 0.29) is 0 Å². The van der Waals surface area contributed by atoms with E-state index in [9.17, 15) is 62.1 Å². The summed E-state index contributed by atoms with van der Waals surface area (Å²) in [5.74, 6) is -4.70. The highest BCUT2D eigenvalue weighted by atomic mass is 32.3. The SMILES string of the molecule is O=S(=O)(O)C1(S(=O)(=O)O)c2ccccc2C(O)(O)C1(S(=O)(=O)O)S(=O)(=O)O. The average Bonchev–Trinajstić information content (AvgIpc) is 2.59. The minimum Gasteiger partial charge on any atom is -0.360 e. The molecule has 0 amide bonds. The molecule has 14 nitrogen and oxygen atoms in total. The third kappa shape index (κ3) is 2.24. The Labute approximate surface area is 152 Å². The van der Waals surface area contributed by atoms with Gasteiger partial charge in [-0.25, -0.2) is 0 Å². The maximum atomic E-state index is 12.0. The van der Waals surface area contributed by atoms with Crippen LogP contribution in [0.5, 0.6) is 0 Å². The number of hydrogen-bond donors (Lipinski definition) is 6. The van der Waals surface area contributed by atoms with Crippen LogP contribution in [0.25, 0.3) is 0 Å². The molecule has 1 aromatic rings. The van der Waals surface area contributed by atoms with Crippen molar-refractivity contribution in [2.24, 2.45) is 0 Å². The van der Waals surface area contributed by atoms with Gasteiger partial charge in [-0.05, 0) is 0 Å². The summed E-state index contributed by atoms with van der Waals surface area (Å²) in [7, 11) is -27.2. The Morgan fingerprint density at radius 1 is 0.593 bits per heavy atom. The lowest BCUT2D eigenvalue weighted by molar-refractivity contribution is -0.176. The molecular weight excluding hydrogens is 460 g/mol. The van der Waals surface area contributed by atoms with Crippen molar-refractivity contribution in [1.82, 2.24) is 0 Å². The predicted molar refractivity (Wildman–Crippen MR) is 83.2 cm³/mol. The fraction of sp³-hybridized carbons (Fsp3) is 0.333. The lowest BCUT2D eigenvalue weighted by atomic mass is 10.1. The average molecular weight is 470 g/mol. The van der Waals surface area contributed by atoms with E-state index in [0.29, 0.717) is 12.1 Å². The van der Waals surface area contributed by atoms with Crippen LogP contribution in [0, 0.1) is 0 Å². The fourth-order valence-electron chi connectivity index (χ4n) is 3.24. The molecule has 1 aliphatic rings. The lowest BCUT2D eigenvalue weighted by Gasteiger charge is -2.40. The van der Waals surface area contributed by atoms with Gasteiger partial charge in [0.25, 0.3) is 44.6 Å². The Morgan fingerprint density at radius 3 is 1.22 bits per heavy atom. The topological polar surface area (TPSA) is 258 Å². The molecule has 0 heterocycles. The van der Waals surface area contributed by atoms with Gasteiger partial charge in [-0.1, -0.05) is 24.3 Å². The van der Waals surface area contributed by atoms with Crippen LogP contribution >= 0.6 is 0 Å². The first-order valence-electron chi connectivity index (χ1n) is 6.15. The van der Waals surface area contributed by atoms with Crippen molar-refractivity contribution in [3.8, 4) is 0 Å². The van der Waals surface area contributed by atoms with E-state index in [0.717, 1.165) is 12.1 Å². The monoisotopic (exact) mass is 470 g/mol. The van der Waals surface area contributed by atoms with Crippen LogP contribution < -0.4 is 0 Å². The molecule has 154 valence electrons. The summed E-state index contributed by atoms with van der Waals surface area (Å²) in [6, 6.07) is 2.28. The third-order valence-electron chi connectivity index (χ3n) is 4.00. The molecule has 0 fully saturated rings. The molecule has 1 aromatic carbocycles. The Morgan fingerprint density at radius 2 is 0.926 bits per heavy atom. The van der Waals surface area contributed by atoms with Crippen molar-refractivity contribution in [3.05, 3.63) is 35.4 Å². The summed E-state index contributed by atoms with van der Waals surface area (Å²) in [4.78, 5) is 0. The molecule has 0 saturated carbocycles. The Bertz CT molecular complexity index is 1170. The predicted octanol–water partition coefficient (Wildman–Crippen LogP) is -2.76. The van der Waals surface area contributed by atoms with E-state index in [1.165, 1.54) is 0 Å². The van der Waals surface area contributed by atoms with Crippen molar-refractivity contribution < 1.29 is 62.1 Å². The zero-order chi connectivity index (χ0) is 21.5. The highest BCUT2D eigenvalue weighted by Gasteiger charge is 2.92. The summed E-state index contributed by atoms with van der Waals surface area (Å²) in [5, 5.41) is 20.4. The molecule has 0 saturated heterocycles. The molecule has 1 aliphatic carbocycles. The van der Waals surface area contributed by atoms with E-state index in [1.807, 2.05) is 0 Å². The Kier molecular flexibility index (Phi) is 4.44. The van der Waals surface area contributed by atoms with Gasteiger partial charge in [-0.2, -0.15) is 33.7 Å². The fourth-order valence-corrected chi connectivity index (χ4v) is 11.6. The van der Waals surface area contributed by atoms with E-state index >= 15 is 0 Å². The Hall–Kier alpha value is -1.22. The van der Waals surface area contributed by atoms with Gasteiger partial charge >= 0.3 is 4.08 Å². The lowest BCUT2D eigenvalue weighted by Crippen LogP contribution is -2.72. The van der Waals surface area contributed by atoms with Gasteiger partial charge in [-0.3, -0.25) is 18.2 Å². The summed E-state index contributed by atoms with van der Waals surface area (Å²) >= 11 is 0. The summed E-state index contributed by atoms with van der Waals surface area (Å²) in [6.45, 7) is 0. The van der Waals surface area contributed by atoms with Crippen LogP contribution in [0.15, 0.2) is 24.3 Å². The molecule has 18 heteroatoms. The third-order valence-corrected chi connectivity index (χ3v) is 12.2. The van der Waals surface area contributed by atoms with Crippen LogP contribution in [0.1, 0.15) is 11.1 Å². The second-order valence-corrected chi connectivity index (χ2v) is 12.1. The molecule has 2 rings (SSSR count). The molecule has 0 radical (unpaired) electrons. The van der Waals surface area contributed by atoms with E-state index in [4.69, 9.17) is 0 Å². The van der Waals surface area contributed by atoms with Crippen LogP contribution in [0.4, 0.5) is 0 Å². The minimum atomic E-state index is -6.89. The molecule has 27 heavy (non-hydrogen) atoms. The highest BCUT2D eigenvalue weighted by molar-refractivity contribution is 8.12. The summed E-state index contributed by atoms with van der Waals surface area (Å²) in [6.07, 6.45) is 0. The number of aliphatic hydroxyl groups is 2. The van der Waals surface area contributed by atoms with Crippen LogP contribution in [-0.4, -0.2) is 66.2 Å². The van der Waals surface area contributed by atoms with Crippen molar-refractivity contribution in [1.29, 1.82) is 0 Å². The molecule has 0 aromatic heterocycles. The second kappa shape index (κ2) is 5.43. The van der Waals surface area contributed by atoms with Crippen molar-refractivity contribution >= 4 is 40.5 Å². The quantitative estimate of drug-likeness (QED) is 0.192. The number of hydrogen-bond acceptors (Lipinski definition) is 10. The van der Waals surface area contributed by atoms with Crippen molar-refractivity contribution in [2.75, 3.05) is 0 Å². The van der Waals surface area contributed by atoms with Crippen molar-refractivity contribution in [3.63, 3.8) is 0 Å². The number of benzene rings is 1. The molecule has 0 unspecified atom stereocenters. The van der Waals surface area contributed by atoms with E-state index < -0.39 is 65.5 Å². The van der Waals surface area contributed by atoms with Gasteiger partial charge in [0.1, 0.15) is 0 Å². The van der Waals surface area contributed by atoms with E-state index in [2.05, 4.69) is 0 Å². The molecule has 6 N–H and O–H groups in total. The summed E-state index contributed by atoms with van der Waals surface area (Å²) in [5.41, 5.74) is -3.16. The van der Waals surface area contributed by atoms with E-state index in [1.54, 1.807) is 0 Å². The van der Waals surface area contributed by atoms with Gasteiger partial charge in [0.05, 0.1) is 0 Å². The highest BCUT2D eigenvalue weighted by Crippen LogP contribution is 2.64. The normalized spacial score (nSPS) is 21.6. The second-order valence-electron chi connectivity index (χ2n) is 5.35. The minimum absolute atomic E-state index is 0.302. The Balaban J connectivity index is 3.58. The maximum Gasteiger partial charge on any atom is 0.321 e. The molecule has 0 atom stereocenters. The molecule has 0 aliphatic heterocycles. The number of fused-ring (bicyclic) bond motifs is 1. The zero-order valence-corrected chi connectivity index (χ0v) is 15.7. The molecule has 0 spiro atoms. The van der Waals surface area contributed by atoms with Gasteiger partial charge < -0.3 is 10.2 Å².